The maximum atomic E-state index is 13.2. The number of hydrogen-bond acceptors (Lipinski definition) is 3. The average molecular weight is 333 g/mol. The van der Waals surface area contributed by atoms with Crippen LogP contribution in [0.2, 0.25) is 0 Å². The second-order valence-corrected chi connectivity index (χ2v) is 7.62. The van der Waals surface area contributed by atoms with Crippen LogP contribution in [0.1, 0.15) is 52.1 Å². The van der Waals surface area contributed by atoms with Crippen molar-refractivity contribution in [2.24, 2.45) is 0 Å². The lowest BCUT2D eigenvalue weighted by molar-refractivity contribution is -0.122. The van der Waals surface area contributed by atoms with Crippen LogP contribution in [0.15, 0.2) is 12.3 Å². The quantitative estimate of drug-likeness (QED) is 0.859. The highest BCUT2D eigenvalue weighted by Crippen LogP contribution is 2.29. The van der Waals surface area contributed by atoms with E-state index >= 15 is 0 Å². The van der Waals surface area contributed by atoms with Crippen LogP contribution in [-0.2, 0) is 16.0 Å². The SMILES string of the molecule is CC(C)(C)OC(=O)N1CCC[C@H]1C(=O)N1CCCCc2[nH]ccc21. The van der Waals surface area contributed by atoms with E-state index in [-0.39, 0.29) is 12.0 Å². The molecule has 0 spiro atoms. The Morgan fingerprint density at radius 3 is 2.75 bits per heavy atom. The third kappa shape index (κ3) is 3.42. The summed E-state index contributed by atoms with van der Waals surface area (Å²) in [6.07, 6.45) is 6.05. The molecule has 3 rings (SSSR count). The number of H-pyrrole nitrogens is 1. The Morgan fingerprint density at radius 2 is 2.00 bits per heavy atom. The minimum absolute atomic E-state index is 0.0149. The number of fused-ring (bicyclic) bond motifs is 1. The standard InChI is InChI=1S/C18H27N3O3/c1-18(2,3)24-17(23)21-12-6-8-15(21)16(22)20-11-5-4-7-13-14(20)9-10-19-13/h9-10,15,19H,4-8,11-12H2,1-3H3/t15-/m0/s1. The fraction of sp³-hybridized carbons (Fsp3) is 0.667. The lowest BCUT2D eigenvalue weighted by Crippen LogP contribution is -2.49. The number of aryl methyl sites for hydroxylation is 1. The van der Waals surface area contributed by atoms with Crippen LogP contribution >= 0.6 is 0 Å². The van der Waals surface area contributed by atoms with Crippen LogP contribution in [-0.4, -0.2) is 46.6 Å². The molecule has 6 nitrogen and oxygen atoms in total. The average Bonchev–Trinajstić information content (AvgIpc) is 3.11. The molecule has 1 saturated heterocycles. The van der Waals surface area contributed by atoms with Crippen molar-refractivity contribution < 1.29 is 14.3 Å². The molecule has 2 amide bonds. The molecule has 2 aliphatic rings. The van der Waals surface area contributed by atoms with E-state index in [0.717, 1.165) is 37.1 Å². The minimum Gasteiger partial charge on any atom is -0.444 e. The van der Waals surface area contributed by atoms with E-state index in [1.54, 1.807) is 4.90 Å². The Bertz CT molecular complexity index is 617. The van der Waals surface area contributed by atoms with Crippen LogP contribution in [0, 0.1) is 0 Å². The van der Waals surface area contributed by atoms with Gasteiger partial charge in [-0.1, -0.05) is 0 Å². The number of anilines is 1. The summed E-state index contributed by atoms with van der Waals surface area (Å²) in [5.41, 5.74) is 1.53. The van der Waals surface area contributed by atoms with Gasteiger partial charge in [-0.2, -0.15) is 0 Å². The highest BCUT2D eigenvalue weighted by molar-refractivity contribution is 5.99. The molecular weight excluding hydrogens is 306 g/mol. The van der Waals surface area contributed by atoms with Gasteiger partial charge >= 0.3 is 6.09 Å². The monoisotopic (exact) mass is 333 g/mol. The third-order valence-corrected chi connectivity index (χ3v) is 4.59. The van der Waals surface area contributed by atoms with Crippen molar-refractivity contribution in [3.05, 3.63) is 18.0 Å². The number of nitrogens with zero attached hydrogens (tertiary/aromatic N) is 2. The smallest absolute Gasteiger partial charge is 0.410 e. The van der Waals surface area contributed by atoms with Gasteiger partial charge in [0.05, 0.1) is 5.69 Å². The number of carbonyl (C=O) groups is 2. The number of hydrogen-bond donors (Lipinski definition) is 1. The zero-order chi connectivity index (χ0) is 17.3. The summed E-state index contributed by atoms with van der Waals surface area (Å²) < 4.78 is 5.48. The Morgan fingerprint density at radius 1 is 1.21 bits per heavy atom. The van der Waals surface area contributed by atoms with Gasteiger partial charge in [0.2, 0.25) is 5.91 Å². The number of nitrogens with one attached hydrogen (secondary N) is 1. The van der Waals surface area contributed by atoms with Gasteiger partial charge < -0.3 is 14.6 Å². The number of amides is 2. The highest BCUT2D eigenvalue weighted by atomic mass is 16.6. The number of rotatable bonds is 1. The van der Waals surface area contributed by atoms with Crippen LogP contribution in [0.3, 0.4) is 0 Å². The van der Waals surface area contributed by atoms with Crippen molar-refractivity contribution >= 4 is 17.7 Å². The molecule has 0 aliphatic carbocycles. The summed E-state index contributed by atoms with van der Waals surface area (Å²) in [7, 11) is 0. The van der Waals surface area contributed by atoms with E-state index in [0.29, 0.717) is 19.5 Å². The number of carbonyl (C=O) groups excluding carboxylic acids is 2. The zero-order valence-corrected chi connectivity index (χ0v) is 14.8. The molecule has 0 unspecified atom stereocenters. The van der Waals surface area contributed by atoms with Gasteiger partial charge in [-0.3, -0.25) is 9.69 Å². The van der Waals surface area contributed by atoms with Gasteiger partial charge in [-0.05, 0) is 58.9 Å². The molecule has 0 saturated carbocycles. The summed E-state index contributed by atoms with van der Waals surface area (Å²) in [5.74, 6) is 0.0149. The Labute approximate surface area is 143 Å². The van der Waals surface area contributed by atoms with Crippen molar-refractivity contribution in [1.82, 2.24) is 9.88 Å². The molecule has 2 aliphatic heterocycles. The van der Waals surface area contributed by atoms with Crippen LogP contribution in [0.25, 0.3) is 0 Å². The molecule has 0 radical (unpaired) electrons. The molecule has 0 aromatic carbocycles. The molecule has 1 atom stereocenters. The summed E-state index contributed by atoms with van der Waals surface area (Å²) in [6.45, 7) is 6.83. The summed E-state index contributed by atoms with van der Waals surface area (Å²) >= 11 is 0. The second-order valence-electron chi connectivity index (χ2n) is 7.62. The van der Waals surface area contributed by atoms with E-state index in [4.69, 9.17) is 4.74 Å². The molecule has 1 fully saturated rings. The molecule has 0 bridgehead atoms. The maximum absolute atomic E-state index is 13.2. The van der Waals surface area contributed by atoms with Crippen molar-refractivity contribution in [2.45, 2.75) is 64.5 Å². The maximum Gasteiger partial charge on any atom is 0.410 e. The zero-order valence-electron chi connectivity index (χ0n) is 14.8. The summed E-state index contributed by atoms with van der Waals surface area (Å²) in [6, 6.07) is 1.55. The topological polar surface area (TPSA) is 65.6 Å². The number of aromatic amines is 1. The van der Waals surface area contributed by atoms with Gasteiger partial charge in [-0.15, -0.1) is 0 Å². The van der Waals surface area contributed by atoms with Crippen LogP contribution < -0.4 is 4.90 Å². The molecule has 24 heavy (non-hydrogen) atoms. The summed E-state index contributed by atoms with van der Waals surface area (Å²) in [4.78, 5) is 32.3. The van der Waals surface area contributed by atoms with E-state index in [1.807, 2.05) is 37.9 Å². The van der Waals surface area contributed by atoms with Gasteiger partial charge in [0.25, 0.3) is 0 Å². The predicted octanol–water partition coefficient (Wildman–Crippen LogP) is 3.08. The first-order valence-electron chi connectivity index (χ1n) is 8.84. The Balaban J connectivity index is 1.78. The fourth-order valence-electron chi connectivity index (χ4n) is 3.51. The molecule has 3 heterocycles. The Hall–Kier alpha value is -1.98. The van der Waals surface area contributed by atoms with Crippen LogP contribution in [0.4, 0.5) is 10.5 Å². The van der Waals surface area contributed by atoms with Gasteiger partial charge in [-0.25, -0.2) is 4.79 Å². The summed E-state index contributed by atoms with van der Waals surface area (Å²) in [5, 5.41) is 0. The molecular formula is C18H27N3O3. The van der Waals surface area contributed by atoms with Gasteiger partial charge in [0, 0.05) is 25.0 Å². The second kappa shape index (κ2) is 6.49. The number of ether oxygens (including phenoxy) is 1. The minimum atomic E-state index is -0.552. The van der Waals surface area contributed by atoms with E-state index < -0.39 is 11.6 Å². The predicted molar refractivity (Wildman–Crippen MR) is 92.0 cm³/mol. The van der Waals surface area contributed by atoms with Gasteiger partial charge in [0.15, 0.2) is 0 Å². The lowest BCUT2D eigenvalue weighted by Gasteiger charge is -2.31. The third-order valence-electron chi connectivity index (χ3n) is 4.59. The molecule has 132 valence electrons. The van der Waals surface area contributed by atoms with E-state index in [1.165, 1.54) is 0 Å². The first-order chi connectivity index (χ1) is 11.4. The van der Waals surface area contributed by atoms with Crippen molar-refractivity contribution in [3.8, 4) is 0 Å². The first-order valence-corrected chi connectivity index (χ1v) is 8.84. The molecule has 1 aromatic heterocycles. The Kier molecular flexibility index (Phi) is 4.56. The largest absolute Gasteiger partial charge is 0.444 e. The van der Waals surface area contributed by atoms with Crippen molar-refractivity contribution in [3.63, 3.8) is 0 Å². The number of aromatic nitrogens is 1. The highest BCUT2D eigenvalue weighted by Gasteiger charge is 2.39. The van der Waals surface area contributed by atoms with Crippen molar-refractivity contribution in [1.29, 1.82) is 0 Å². The van der Waals surface area contributed by atoms with Gasteiger partial charge in [0.1, 0.15) is 11.6 Å². The van der Waals surface area contributed by atoms with E-state index in [2.05, 4.69) is 4.98 Å². The lowest BCUT2D eigenvalue weighted by atomic mass is 10.1. The molecule has 1 N–H and O–H groups in total. The van der Waals surface area contributed by atoms with E-state index in [9.17, 15) is 9.59 Å². The number of likely N-dealkylation sites (tertiary alicyclic amines) is 1. The molecule has 6 heteroatoms. The van der Waals surface area contributed by atoms with Crippen molar-refractivity contribution in [2.75, 3.05) is 18.0 Å². The normalized spacial score (nSPS) is 21.4. The fourth-order valence-corrected chi connectivity index (χ4v) is 3.51. The first kappa shape index (κ1) is 16.9. The van der Waals surface area contributed by atoms with Crippen LogP contribution in [0.5, 0.6) is 0 Å². The molecule has 1 aromatic rings.